The van der Waals surface area contributed by atoms with E-state index in [1.54, 1.807) is 7.11 Å². The Hall–Kier alpha value is -1.02. The van der Waals surface area contributed by atoms with Crippen molar-refractivity contribution in [2.24, 2.45) is 11.8 Å². The van der Waals surface area contributed by atoms with Gasteiger partial charge in [-0.25, -0.2) is 0 Å². The van der Waals surface area contributed by atoms with Gasteiger partial charge in [-0.1, -0.05) is 25.8 Å². The van der Waals surface area contributed by atoms with Crippen molar-refractivity contribution in [2.45, 2.75) is 52.5 Å². The van der Waals surface area contributed by atoms with Crippen molar-refractivity contribution in [2.75, 3.05) is 14.2 Å². The Balaban J connectivity index is 2.25. The largest absolute Gasteiger partial charge is 0.496 e. The molecule has 1 N–H and O–H groups in total. The Kier molecular flexibility index (Phi) is 5.09. The standard InChI is InChI=1S/C18H29NO/c1-12-6-8-15(9-7-12)18(19-4)16-10-14(3)17(20-5)11-13(16)2/h10-12,15,18-19H,6-9H2,1-5H3. The molecule has 1 aliphatic carbocycles. The van der Waals surface area contributed by atoms with E-state index in [4.69, 9.17) is 4.74 Å². The van der Waals surface area contributed by atoms with Gasteiger partial charge in [-0.15, -0.1) is 0 Å². The third-order valence-corrected chi connectivity index (χ3v) is 4.96. The third kappa shape index (κ3) is 3.17. The van der Waals surface area contributed by atoms with Crippen molar-refractivity contribution in [1.82, 2.24) is 5.32 Å². The smallest absolute Gasteiger partial charge is 0.122 e. The van der Waals surface area contributed by atoms with Crippen LogP contribution in [0.25, 0.3) is 0 Å². The van der Waals surface area contributed by atoms with Crippen molar-refractivity contribution in [3.05, 3.63) is 28.8 Å². The summed E-state index contributed by atoms with van der Waals surface area (Å²) in [5.74, 6) is 2.67. The van der Waals surface area contributed by atoms with Crippen LogP contribution >= 0.6 is 0 Å². The zero-order valence-corrected chi connectivity index (χ0v) is 13.6. The van der Waals surface area contributed by atoms with Crippen LogP contribution in [-0.4, -0.2) is 14.2 Å². The molecule has 0 saturated heterocycles. The average Bonchev–Trinajstić information content (AvgIpc) is 2.45. The first-order valence-electron chi connectivity index (χ1n) is 7.89. The highest BCUT2D eigenvalue weighted by Gasteiger charge is 2.27. The molecule has 0 aliphatic heterocycles. The van der Waals surface area contributed by atoms with Crippen molar-refractivity contribution < 1.29 is 4.74 Å². The number of rotatable bonds is 4. The van der Waals surface area contributed by atoms with Crippen molar-refractivity contribution >= 4 is 0 Å². The molecule has 1 fully saturated rings. The third-order valence-electron chi connectivity index (χ3n) is 4.96. The molecule has 2 nitrogen and oxygen atoms in total. The molecular weight excluding hydrogens is 246 g/mol. The minimum Gasteiger partial charge on any atom is -0.496 e. The highest BCUT2D eigenvalue weighted by molar-refractivity contribution is 5.43. The second kappa shape index (κ2) is 6.62. The number of hydrogen-bond acceptors (Lipinski definition) is 2. The molecule has 1 aliphatic rings. The maximum absolute atomic E-state index is 5.43. The molecule has 0 heterocycles. The summed E-state index contributed by atoms with van der Waals surface area (Å²) in [7, 11) is 3.85. The molecule has 112 valence electrons. The Labute approximate surface area is 123 Å². The molecular formula is C18H29NO. The Bertz CT molecular complexity index is 447. The molecule has 1 unspecified atom stereocenters. The minimum atomic E-state index is 0.479. The van der Waals surface area contributed by atoms with E-state index in [9.17, 15) is 0 Å². The quantitative estimate of drug-likeness (QED) is 0.879. The first-order valence-corrected chi connectivity index (χ1v) is 7.89. The van der Waals surface area contributed by atoms with Crippen molar-refractivity contribution in [1.29, 1.82) is 0 Å². The molecule has 1 saturated carbocycles. The van der Waals surface area contributed by atoms with Gasteiger partial charge in [-0.2, -0.15) is 0 Å². The maximum Gasteiger partial charge on any atom is 0.122 e. The zero-order chi connectivity index (χ0) is 14.7. The Morgan fingerprint density at radius 3 is 2.30 bits per heavy atom. The fourth-order valence-corrected chi connectivity index (χ4v) is 3.63. The van der Waals surface area contributed by atoms with E-state index in [0.717, 1.165) is 17.6 Å². The van der Waals surface area contributed by atoms with E-state index >= 15 is 0 Å². The second-order valence-electron chi connectivity index (χ2n) is 6.46. The summed E-state index contributed by atoms with van der Waals surface area (Å²) in [4.78, 5) is 0. The zero-order valence-electron chi connectivity index (χ0n) is 13.6. The first-order chi connectivity index (χ1) is 9.56. The van der Waals surface area contributed by atoms with Gasteiger partial charge in [0.15, 0.2) is 0 Å². The fraction of sp³-hybridized carbons (Fsp3) is 0.667. The van der Waals surface area contributed by atoms with E-state index in [1.165, 1.54) is 42.4 Å². The van der Waals surface area contributed by atoms with Gasteiger partial charge in [0.05, 0.1) is 7.11 Å². The van der Waals surface area contributed by atoms with Crippen LogP contribution in [0.4, 0.5) is 0 Å². The molecule has 0 amide bonds. The van der Waals surface area contributed by atoms with E-state index < -0.39 is 0 Å². The van der Waals surface area contributed by atoms with Gasteiger partial charge in [-0.05, 0) is 68.3 Å². The van der Waals surface area contributed by atoms with Crippen molar-refractivity contribution in [3.63, 3.8) is 0 Å². The maximum atomic E-state index is 5.43. The lowest BCUT2D eigenvalue weighted by Gasteiger charge is -2.34. The van der Waals surface area contributed by atoms with Gasteiger partial charge in [-0.3, -0.25) is 0 Å². The predicted octanol–water partition coefficient (Wildman–Crippen LogP) is 4.40. The summed E-state index contributed by atoms with van der Waals surface area (Å²) in [5, 5.41) is 3.57. The van der Waals surface area contributed by atoms with Gasteiger partial charge in [0, 0.05) is 6.04 Å². The minimum absolute atomic E-state index is 0.479. The summed E-state index contributed by atoms with van der Waals surface area (Å²) >= 11 is 0. The summed E-state index contributed by atoms with van der Waals surface area (Å²) in [6, 6.07) is 4.97. The summed E-state index contributed by atoms with van der Waals surface area (Å²) in [6.45, 7) is 6.72. The Morgan fingerprint density at radius 2 is 1.75 bits per heavy atom. The predicted molar refractivity (Wildman–Crippen MR) is 85.4 cm³/mol. The SMILES string of the molecule is CNC(c1cc(C)c(OC)cc1C)C1CCC(C)CC1. The Morgan fingerprint density at radius 1 is 1.10 bits per heavy atom. The molecule has 0 aromatic heterocycles. The van der Waals surface area contributed by atoms with Gasteiger partial charge in [0.1, 0.15) is 5.75 Å². The van der Waals surface area contributed by atoms with Crippen LogP contribution in [0.2, 0.25) is 0 Å². The average molecular weight is 275 g/mol. The number of nitrogens with one attached hydrogen (secondary N) is 1. The fourth-order valence-electron chi connectivity index (χ4n) is 3.63. The summed E-state index contributed by atoms with van der Waals surface area (Å²) in [5.41, 5.74) is 4.02. The van der Waals surface area contributed by atoms with Crippen LogP contribution in [0.15, 0.2) is 12.1 Å². The van der Waals surface area contributed by atoms with Crippen LogP contribution in [0.1, 0.15) is 55.3 Å². The lowest BCUT2D eigenvalue weighted by Crippen LogP contribution is -2.29. The van der Waals surface area contributed by atoms with E-state index in [1.807, 2.05) is 0 Å². The topological polar surface area (TPSA) is 21.3 Å². The molecule has 2 rings (SSSR count). The number of benzene rings is 1. The van der Waals surface area contributed by atoms with E-state index in [0.29, 0.717) is 6.04 Å². The molecule has 0 radical (unpaired) electrons. The number of aryl methyl sites for hydroxylation is 2. The second-order valence-corrected chi connectivity index (χ2v) is 6.46. The molecule has 2 heteroatoms. The van der Waals surface area contributed by atoms with Crippen LogP contribution < -0.4 is 10.1 Å². The van der Waals surface area contributed by atoms with Gasteiger partial charge in [0.2, 0.25) is 0 Å². The molecule has 0 bridgehead atoms. The number of hydrogen-bond donors (Lipinski definition) is 1. The highest BCUT2D eigenvalue weighted by atomic mass is 16.5. The van der Waals surface area contributed by atoms with Crippen molar-refractivity contribution in [3.8, 4) is 5.75 Å². The number of ether oxygens (including phenoxy) is 1. The monoisotopic (exact) mass is 275 g/mol. The van der Waals surface area contributed by atoms with Gasteiger partial charge in [0.25, 0.3) is 0 Å². The van der Waals surface area contributed by atoms with E-state index in [2.05, 4.69) is 45.3 Å². The van der Waals surface area contributed by atoms with E-state index in [-0.39, 0.29) is 0 Å². The normalized spacial score (nSPS) is 24.4. The van der Waals surface area contributed by atoms with Gasteiger partial charge >= 0.3 is 0 Å². The summed E-state index contributed by atoms with van der Waals surface area (Å²) in [6.07, 6.45) is 5.43. The highest BCUT2D eigenvalue weighted by Crippen LogP contribution is 2.38. The number of methoxy groups -OCH3 is 1. The van der Waals surface area contributed by atoms with Crippen LogP contribution in [0.3, 0.4) is 0 Å². The molecule has 1 atom stereocenters. The molecule has 20 heavy (non-hydrogen) atoms. The first kappa shape index (κ1) is 15.4. The van der Waals surface area contributed by atoms with Gasteiger partial charge < -0.3 is 10.1 Å². The lowest BCUT2D eigenvalue weighted by atomic mass is 9.76. The lowest BCUT2D eigenvalue weighted by molar-refractivity contribution is 0.237. The van der Waals surface area contributed by atoms with Crippen LogP contribution in [0, 0.1) is 25.7 Å². The van der Waals surface area contributed by atoms with Crippen LogP contribution in [-0.2, 0) is 0 Å². The van der Waals surface area contributed by atoms with Crippen LogP contribution in [0.5, 0.6) is 5.75 Å². The summed E-state index contributed by atoms with van der Waals surface area (Å²) < 4.78 is 5.43. The molecule has 1 aromatic carbocycles. The molecule has 0 spiro atoms. The molecule has 1 aromatic rings.